The number of nitrogens with zero attached hydrogens (tertiary/aromatic N) is 1. The molecule has 1 aliphatic rings. The number of esters is 2. The first-order valence-corrected chi connectivity index (χ1v) is 11.3. The lowest BCUT2D eigenvalue weighted by molar-refractivity contribution is -0.140. The van der Waals surface area contributed by atoms with Gasteiger partial charge in [-0.05, 0) is 44.2 Å². The highest BCUT2D eigenvalue weighted by atomic mass is 35.5. The van der Waals surface area contributed by atoms with Crippen molar-refractivity contribution in [3.8, 4) is 0 Å². The Morgan fingerprint density at radius 3 is 2.03 bits per heavy atom. The van der Waals surface area contributed by atoms with E-state index in [0.717, 1.165) is 4.90 Å². The molecule has 1 saturated heterocycles. The highest BCUT2D eigenvalue weighted by molar-refractivity contribution is 6.25. The predicted octanol–water partition coefficient (Wildman–Crippen LogP) is 3.74. The normalized spacial score (nSPS) is 23.6. The largest absolute Gasteiger partial charge is 0.459 e. The van der Waals surface area contributed by atoms with E-state index in [2.05, 4.69) is 0 Å². The standard InChI is InChI=1S/C26H26ClNO7/c1-17(29)14-15-28(18(2)30)25-26(3,27)22(35-24(32)20-12-8-5-9-13-20)21(34-25)16-33-23(31)19-10-6-4-7-11-19/h4-15,21-22,25H,16H2,1-3H3/b15-14-/t21-,22-,25-,26-/m1/s1. The molecule has 1 amide bonds. The summed E-state index contributed by atoms with van der Waals surface area (Å²) in [7, 11) is 0. The van der Waals surface area contributed by atoms with Gasteiger partial charge in [-0.15, -0.1) is 11.6 Å². The molecule has 0 aromatic heterocycles. The number of hydrogen-bond donors (Lipinski definition) is 0. The maximum atomic E-state index is 12.8. The van der Waals surface area contributed by atoms with Gasteiger partial charge >= 0.3 is 11.9 Å². The molecular formula is C26H26ClNO7. The minimum Gasteiger partial charge on any atom is -0.459 e. The molecular weight excluding hydrogens is 474 g/mol. The Balaban J connectivity index is 1.88. The van der Waals surface area contributed by atoms with E-state index >= 15 is 0 Å². The number of ketones is 1. The number of allylic oxidation sites excluding steroid dienone is 1. The van der Waals surface area contributed by atoms with E-state index in [1.54, 1.807) is 67.6 Å². The van der Waals surface area contributed by atoms with E-state index in [9.17, 15) is 19.2 Å². The fraction of sp³-hybridized carbons (Fsp3) is 0.308. The summed E-state index contributed by atoms with van der Waals surface area (Å²) in [5.41, 5.74) is 0.631. The van der Waals surface area contributed by atoms with Crippen molar-refractivity contribution in [3.05, 3.63) is 84.1 Å². The third-order valence-electron chi connectivity index (χ3n) is 5.40. The van der Waals surface area contributed by atoms with Crippen LogP contribution in [0, 0.1) is 0 Å². The molecule has 0 radical (unpaired) electrons. The molecule has 9 heteroatoms. The van der Waals surface area contributed by atoms with Crippen LogP contribution < -0.4 is 0 Å². The van der Waals surface area contributed by atoms with Gasteiger partial charge < -0.3 is 14.2 Å². The molecule has 3 rings (SSSR count). The van der Waals surface area contributed by atoms with Gasteiger partial charge in [0.2, 0.25) is 5.91 Å². The van der Waals surface area contributed by atoms with Crippen molar-refractivity contribution in [2.24, 2.45) is 0 Å². The number of ether oxygens (including phenoxy) is 3. The molecule has 1 aliphatic heterocycles. The number of alkyl halides is 1. The third kappa shape index (κ3) is 6.35. The number of benzene rings is 2. The van der Waals surface area contributed by atoms with E-state index in [1.165, 1.54) is 26.1 Å². The van der Waals surface area contributed by atoms with E-state index in [1.807, 2.05) is 0 Å². The Morgan fingerprint density at radius 2 is 1.51 bits per heavy atom. The molecule has 35 heavy (non-hydrogen) atoms. The van der Waals surface area contributed by atoms with Crippen LogP contribution in [0.15, 0.2) is 72.9 Å². The summed E-state index contributed by atoms with van der Waals surface area (Å²) in [5.74, 6) is -1.98. The van der Waals surface area contributed by atoms with Crippen molar-refractivity contribution in [2.45, 2.75) is 44.1 Å². The first-order chi connectivity index (χ1) is 16.6. The van der Waals surface area contributed by atoms with Gasteiger partial charge in [0.25, 0.3) is 0 Å². The summed E-state index contributed by atoms with van der Waals surface area (Å²) in [4.78, 5) is 48.9. The van der Waals surface area contributed by atoms with E-state index < -0.39 is 41.2 Å². The van der Waals surface area contributed by atoms with Crippen molar-refractivity contribution < 1.29 is 33.4 Å². The molecule has 0 aliphatic carbocycles. The molecule has 0 saturated carbocycles. The first-order valence-electron chi connectivity index (χ1n) is 10.9. The fourth-order valence-electron chi connectivity index (χ4n) is 3.64. The van der Waals surface area contributed by atoms with E-state index in [-0.39, 0.29) is 12.4 Å². The van der Waals surface area contributed by atoms with Crippen LogP contribution in [0.3, 0.4) is 0 Å². The minimum absolute atomic E-state index is 0.286. The summed E-state index contributed by atoms with van der Waals surface area (Å²) in [6, 6.07) is 16.7. The Bertz CT molecular complexity index is 1100. The molecule has 8 nitrogen and oxygen atoms in total. The maximum Gasteiger partial charge on any atom is 0.338 e. The molecule has 0 spiro atoms. The first kappa shape index (κ1) is 26.1. The molecule has 4 atom stereocenters. The lowest BCUT2D eigenvalue weighted by Gasteiger charge is -2.33. The molecule has 0 N–H and O–H groups in total. The number of carbonyl (C=O) groups is 4. The van der Waals surface area contributed by atoms with Gasteiger partial charge in [-0.2, -0.15) is 0 Å². The molecule has 0 unspecified atom stereocenters. The SMILES string of the molecule is CC(=O)/C=C\N(C(C)=O)[C@@H]1O[C@H](COC(=O)c2ccccc2)[C@@H](OC(=O)c2ccccc2)[C@@]1(C)Cl. The number of halogens is 1. The van der Waals surface area contributed by atoms with Gasteiger partial charge in [0.1, 0.15) is 17.6 Å². The molecule has 1 heterocycles. The number of carbonyl (C=O) groups excluding carboxylic acids is 4. The van der Waals surface area contributed by atoms with Gasteiger partial charge in [-0.1, -0.05) is 36.4 Å². The quantitative estimate of drug-likeness (QED) is 0.310. The van der Waals surface area contributed by atoms with Crippen LogP contribution in [0.2, 0.25) is 0 Å². The van der Waals surface area contributed by atoms with Crippen LogP contribution >= 0.6 is 11.6 Å². The van der Waals surface area contributed by atoms with E-state index in [0.29, 0.717) is 11.1 Å². The summed E-state index contributed by atoms with van der Waals surface area (Å²) in [5, 5.41) is 0. The molecule has 184 valence electrons. The van der Waals surface area contributed by atoms with Crippen LogP contribution in [-0.4, -0.2) is 58.4 Å². The Labute approximate surface area is 208 Å². The number of amides is 1. The van der Waals surface area contributed by atoms with E-state index in [4.69, 9.17) is 25.8 Å². The minimum atomic E-state index is -1.44. The monoisotopic (exact) mass is 499 g/mol. The van der Waals surface area contributed by atoms with Crippen molar-refractivity contribution in [3.63, 3.8) is 0 Å². The fourth-order valence-corrected chi connectivity index (χ4v) is 3.98. The zero-order valence-corrected chi connectivity index (χ0v) is 20.3. The van der Waals surface area contributed by atoms with Crippen LogP contribution in [-0.2, 0) is 23.8 Å². The highest BCUT2D eigenvalue weighted by Crippen LogP contribution is 2.41. The zero-order chi connectivity index (χ0) is 25.6. The van der Waals surface area contributed by atoms with Gasteiger partial charge in [-0.3, -0.25) is 14.5 Å². The lowest BCUT2D eigenvalue weighted by Crippen LogP contribution is -2.50. The summed E-state index contributed by atoms with van der Waals surface area (Å²) in [6.07, 6.45) is -0.740. The third-order valence-corrected chi connectivity index (χ3v) is 5.80. The summed E-state index contributed by atoms with van der Waals surface area (Å²) >= 11 is 6.86. The van der Waals surface area contributed by atoms with Gasteiger partial charge in [0.15, 0.2) is 18.1 Å². The lowest BCUT2D eigenvalue weighted by atomic mass is 9.99. The summed E-state index contributed by atoms with van der Waals surface area (Å²) < 4.78 is 17.2. The Hall–Kier alpha value is -3.49. The second kappa shape index (κ2) is 11.3. The van der Waals surface area contributed by atoms with Crippen LogP contribution in [0.1, 0.15) is 41.5 Å². The van der Waals surface area contributed by atoms with Crippen LogP contribution in [0.4, 0.5) is 0 Å². The highest BCUT2D eigenvalue weighted by Gasteiger charge is 2.58. The van der Waals surface area contributed by atoms with Crippen molar-refractivity contribution in [1.29, 1.82) is 0 Å². The molecule has 2 aromatic rings. The molecule has 0 bridgehead atoms. The van der Waals surface area contributed by atoms with Crippen molar-refractivity contribution in [1.82, 2.24) is 4.90 Å². The number of hydrogen-bond acceptors (Lipinski definition) is 7. The van der Waals surface area contributed by atoms with Gasteiger partial charge in [0, 0.05) is 13.1 Å². The second-order valence-corrected chi connectivity index (χ2v) is 9.00. The average Bonchev–Trinajstić information content (AvgIpc) is 3.08. The smallest absolute Gasteiger partial charge is 0.338 e. The maximum absolute atomic E-state index is 12.8. The van der Waals surface area contributed by atoms with Crippen molar-refractivity contribution in [2.75, 3.05) is 6.61 Å². The van der Waals surface area contributed by atoms with Crippen LogP contribution in [0.25, 0.3) is 0 Å². The second-order valence-electron chi connectivity index (χ2n) is 8.19. The predicted molar refractivity (Wildman–Crippen MR) is 128 cm³/mol. The van der Waals surface area contributed by atoms with Gasteiger partial charge in [-0.25, -0.2) is 9.59 Å². The zero-order valence-electron chi connectivity index (χ0n) is 19.6. The van der Waals surface area contributed by atoms with Crippen molar-refractivity contribution >= 4 is 35.2 Å². The average molecular weight is 500 g/mol. The topological polar surface area (TPSA) is 99.2 Å². The van der Waals surface area contributed by atoms with Crippen LogP contribution in [0.5, 0.6) is 0 Å². The molecule has 2 aromatic carbocycles. The summed E-state index contributed by atoms with van der Waals surface area (Å²) in [6.45, 7) is 3.88. The Kier molecular flexibility index (Phi) is 8.43. The molecule has 1 fully saturated rings. The van der Waals surface area contributed by atoms with Gasteiger partial charge in [0.05, 0.1) is 11.1 Å². The Morgan fingerprint density at radius 1 is 0.971 bits per heavy atom. The number of rotatable bonds is 8.